The van der Waals surface area contributed by atoms with Crippen LogP contribution in [0.25, 0.3) is 0 Å². The van der Waals surface area contributed by atoms with Crippen molar-refractivity contribution in [3.63, 3.8) is 0 Å². The Morgan fingerprint density at radius 1 is 1.36 bits per heavy atom. The summed E-state index contributed by atoms with van der Waals surface area (Å²) in [7, 11) is 0. The van der Waals surface area contributed by atoms with Gasteiger partial charge in [0.1, 0.15) is 0 Å². The van der Waals surface area contributed by atoms with Crippen LogP contribution in [0.3, 0.4) is 0 Å². The molecule has 0 aromatic heterocycles. The second-order valence-electron chi connectivity index (χ2n) is 3.37. The first-order chi connectivity index (χ1) is 6.52. The lowest BCUT2D eigenvalue weighted by molar-refractivity contribution is -0.115. The highest BCUT2D eigenvalue weighted by molar-refractivity contribution is 9.10. The summed E-state index contributed by atoms with van der Waals surface area (Å²) in [5.74, 6) is -0.0117. The number of amides is 1. The Hall–Kier alpha value is -0.830. The number of halogens is 1. The van der Waals surface area contributed by atoms with Gasteiger partial charge in [-0.1, -0.05) is 34.1 Å². The molecule has 1 unspecified atom stereocenters. The van der Waals surface area contributed by atoms with Crippen molar-refractivity contribution in [3.8, 4) is 0 Å². The zero-order valence-electron chi connectivity index (χ0n) is 8.60. The zero-order valence-corrected chi connectivity index (χ0v) is 10.2. The third kappa shape index (κ3) is 2.58. The fourth-order valence-corrected chi connectivity index (χ4v) is 1.35. The van der Waals surface area contributed by atoms with Gasteiger partial charge in [0.05, 0.1) is 4.83 Å². The van der Waals surface area contributed by atoms with Gasteiger partial charge in [-0.05, 0) is 31.9 Å². The Balaban J connectivity index is 2.91. The molecule has 1 aromatic carbocycles. The minimum atomic E-state index is -0.165. The predicted molar refractivity (Wildman–Crippen MR) is 62.9 cm³/mol. The summed E-state index contributed by atoms with van der Waals surface area (Å²) >= 11 is 3.23. The molecule has 0 aliphatic heterocycles. The van der Waals surface area contributed by atoms with Crippen LogP contribution < -0.4 is 5.32 Å². The molecule has 1 rings (SSSR count). The van der Waals surface area contributed by atoms with Crippen molar-refractivity contribution in [2.75, 3.05) is 5.32 Å². The van der Waals surface area contributed by atoms with Crippen LogP contribution in [0.5, 0.6) is 0 Å². The lowest BCUT2D eigenvalue weighted by atomic mass is 10.1. The largest absolute Gasteiger partial charge is 0.325 e. The van der Waals surface area contributed by atoms with Crippen molar-refractivity contribution in [2.24, 2.45) is 0 Å². The van der Waals surface area contributed by atoms with Crippen LogP contribution in [0.1, 0.15) is 18.1 Å². The quantitative estimate of drug-likeness (QED) is 0.809. The minimum Gasteiger partial charge on any atom is -0.325 e. The van der Waals surface area contributed by atoms with Gasteiger partial charge in [-0.2, -0.15) is 0 Å². The first-order valence-electron chi connectivity index (χ1n) is 4.53. The van der Waals surface area contributed by atoms with Crippen molar-refractivity contribution >= 4 is 27.5 Å². The van der Waals surface area contributed by atoms with Gasteiger partial charge in [0, 0.05) is 5.69 Å². The molecule has 1 aromatic rings. The Kier molecular flexibility index (Phi) is 3.69. The molecule has 0 radical (unpaired) electrons. The Bertz CT molecular complexity index is 327. The summed E-state index contributed by atoms with van der Waals surface area (Å²) in [5, 5.41) is 2.89. The molecule has 1 N–H and O–H groups in total. The monoisotopic (exact) mass is 255 g/mol. The molecule has 1 atom stereocenters. The van der Waals surface area contributed by atoms with E-state index in [0.717, 1.165) is 16.8 Å². The van der Waals surface area contributed by atoms with Gasteiger partial charge in [-0.15, -0.1) is 0 Å². The minimum absolute atomic E-state index is 0.0117. The Labute approximate surface area is 92.8 Å². The second kappa shape index (κ2) is 4.60. The van der Waals surface area contributed by atoms with Crippen LogP contribution >= 0.6 is 15.9 Å². The average Bonchev–Trinajstić information content (AvgIpc) is 2.11. The molecule has 0 aliphatic carbocycles. The Morgan fingerprint density at radius 2 is 1.86 bits per heavy atom. The van der Waals surface area contributed by atoms with E-state index in [1.54, 1.807) is 0 Å². The number of nitrogens with one attached hydrogen (secondary N) is 1. The fraction of sp³-hybridized carbons (Fsp3) is 0.364. The molecule has 14 heavy (non-hydrogen) atoms. The molecule has 0 saturated carbocycles. The van der Waals surface area contributed by atoms with Gasteiger partial charge in [0.25, 0.3) is 0 Å². The van der Waals surface area contributed by atoms with E-state index >= 15 is 0 Å². The van der Waals surface area contributed by atoms with Gasteiger partial charge in [0.15, 0.2) is 0 Å². The summed E-state index contributed by atoms with van der Waals surface area (Å²) in [5.41, 5.74) is 3.10. The third-order valence-electron chi connectivity index (χ3n) is 2.09. The fourth-order valence-electron chi connectivity index (χ4n) is 1.23. The number of hydrogen-bond donors (Lipinski definition) is 1. The maximum atomic E-state index is 11.5. The van der Waals surface area contributed by atoms with Crippen LogP contribution in [0.15, 0.2) is 18.2 Å². The highest BCUT2D eigenvalue weighted by Gasteiger charge is 2.11. The highest BCUT2D eigenvalue weighted by Crippen LogP contribution is 2.20. The molecule has 0 spiro atoms. The number of hydrogen-bond acceptors (Lipinski definition) is 1. The summed E-state index contributed by atoms with van der Waals surface area (Å²) in [4.78, 5) is 11.3. The van der Waals surface area contributed by atoms with Crippen LogP contribution in [0.4, 0.5) is 5.69 Å². The molecule has 76 valence electrons. The molecule has 0 heterocycles. The van der Waals surface area contributed by atoms with E-state index in [1.165, 1.54) is 0 Å². The predicted octanol–water partition coefficient (Wildman–Crippen LogP) is 3.03. The summed E-state index contributed by atoms with van der Waals surface area (Å²) in [6, 6.07) is 5.96. The standard InChI is InChI=1S/C11H14BrNO/c1-7-5-4-6-8(2)10(7)13-11(14)9(3)12/h4-6,9H,1-3H3,(H,13,14). The van der Waals surface area contributed by atoms with Crippen molar-refractivity contribution < 1.29 is 4.79 Å². The second-order valence-corrected chi connectivity index (χ2v) is 4.75. The maximum Gasteiger partial charge on any atom is 0.237 e. The van der Waals surface area contributed by atoms with E-state index in [2.05, 4.69) is 21.2 Å². The summed E-state index contributed by atoms with van der Waals surface area (Å²) in [6.07, 6.45) is 0. The number of para-hydroxylation sites is 1. The lowest BCUT2D eigenvalue weighted by Crippen LogP contribution is -2.21. The van der Waals surface area contributed by atoms with Crippen molar-refractivity contribution in [2.45, 2.75) is 25.6 Å². The third-order valence-corrected chi connectivity index (χ3v) is 2.51. The van der Waals surface area contributed by atoms with Gasteiger partial charge >= 0.3 is 0 Å². The van der Waals surface area contributed by atoms with E-state index in [1.807, 2.05) is 39.0 Å². The molecule has 0 saturated heterocycles. The van der Waals surface area contributed by atoms with E-state index < -0.39 is 0 Å². The topological polar surface area (TPSA) is 29.1 Å². The number of carbonyl (C=O) groups is 1. The number of benzene rings is 1. The zero-order chi connectivity index (χ0) is 10.7. The first-order valence-corrected chi connectivity index (χ1v) is 5.45. The first kappa shape index (κ1) is 11.2. The summed E-state index contributed by atoms with van der Waals surface area (Å²) < 4.78 is 0. The van der Waals surface area contributed by atoms with E-state index in [4.69, 9.17) is 0 Å². The van der Waals surface area contributed by atoms with Crippen molar-refractivity contribution in [1.82, 2.24) is 0 Å². The number of anilines is 1. The number of carbonyl (C=O) groups excluding carboxylic acids is 1. The smallest absolute Gasteiger partial charge is 0.237 e. The maximum absolute atomic E-state index is 11.5. The molecular weight excluding hydrogens is 242 g/mol. The van der Waals surface area contributed by atoms with E-state index in [0.29, 0.717) is 0 Å². The van der Waals surface area contributed by atoms with Gasteiger partial charge in [0.2, 0.25) is 5.91 Å². The van der Waals surface area contributed by atoms with Gasteiger partial charge in [-0.3, -0.25) is 4.79 Å². The summed E-state index contributed by atoms with van der Waals surface area (Å²) in [6.45, 7) is 5.78. The van der Waals surface area contributed by atoms with E-state index in [-0.39, 0.29) is 10.7 Å². The number of rotatable bonds is 2. The van der Waals surface area contributed by atoms with Crippen molar-refractivity contribution in [3.05, 3.63) is 29.3 Å². The van der Waals surface area contributed by atoms with Gasteiger partial charge < -0.3 is 5.32 Å². The molecule has 0 fully saturated rings. The van der Waals surface area contributed by atoms with E-state index in [9.17, 15) is 4.79 Å². The molecular formula is C11H14BrNO. The van der Waals surface area contributed by atoms with Crippen LogP contribution in [-0.2, 0) is 4.79 Å². The highest BCUT2D eigenvalue weighted by atomic mass is 79.9. The number of aryl methyl sites for hydroxylation is 2. The number of alkyl halides is 1. The molecule has 0 aliphatic rings. The van der Waals surface area contributed by atoms with Crippen LogP contribution in [0.2, 0.25) is 0 Å². The lowest BCUT2D eigenvalue weighted by Gasteiger charge is -2.12. The van der Waals surface area contributed by atoms with Gasteiger partial charge in [-0.25, -0.2) is 0 Å². The van der Waals surface area contributed by atoms with Crippen molar-refractivity contribution in [1.29, 1.82) is 0 Å². The average molecular weight is 256 g/mol. The SMILES string of the molecule is Cc1cccc(C)c1NC(=O)C(C)Br. The van der Waals surface area contributed by atoms with Crippen LogP contribution in [-0.4, -0.2) is 10.7 Å². The molecule has 3 heteroatoms. The molecule has 1 amide bonds. The van der Waals surface area contributed by atoms with Crippen LogP contribution in [0, 0.1) is 13.8 Å². The molecule has 2 nitrogen and oxygen atoms in total. The normalized spacial score (nSPS) is 12.3. The Morgan fingerprint density at radius 3 is 2.29 bits per heavy atom. The molecule has 0 bridgehead atoms.